The maximum absolute atomic E-state index is 14.6. The van der Waals surface area contributed by atoms with Crippen molar-refractivity contribution in [2.24, 2.45) is 0 Å². The van der Waals surface area contributed by atoms with Crippen molar-refractivity contribution in [3.8, 4) is 0 Å². The average Bonchev–Trinajstić information content (AvgIpc) is 2.86. The smallest absolute Gasteiger partial charge is 0.255 e. The second kappa shape index (κ2) is 10.9. The summed E-state index contributed by atoms with van der Waals surface area (Å²) in [6.07, 6.45) is 1.21. The van der Waals surface area contributed by atoms with Crippen LogP contribution in [0.15, 0.2) is 42.5 Å². The van der Waals surface area contributed by atoms with E-state index in [2.05, 4.69) is 18.7 Å². The first-order chi connectivity index (χ1) is 16.8. The van der Waals surface area contributed by atoms with Crippen molar-refractivity contribution in [2.45, 2.75) is 39.5 Å². The molecule has 2 aromatic carbocycles. The summed E-state index contributed by atoms with van der Waals surface area (Å²) in [6, 6.07) is 11.8. The Kier molecular flexibility index (Phi) is 7.92. The van der Waals surface area contributed by atoms with E-state index in [0.717, 1.165) is 29.3 Å². The highest BCUT2D eigenvalue weighted by Gasteiger charge is 2.27. The second-order valence-corrected chi connectivity index (χ2v) is 9.73. The van der Waals surface area contributed by atoms with Crippen LogP contribution in [0.2, 0.25) is 10.0 Å². The number of anilines is 1. The first kappa shape index (κ1) is 25.4. The fourth-order valence-electron chi connectivity index (χ4n) is 4.28. The SMILES string of the molecule is CCC(C)c1nc(C)c(Cc2c(F)cccc2Cl)c(N2CCN(C(=O)c3ccccc3Cl)CC2)n1. The Bertz CT molecular complexity index is 1210. The first-order valence-electron chi connectivity index (χ1n) is 11.9. The highest BCUT2D eigenvalue weighted by molar-refractivity contribution is 6.33. The molecule has 5 nitrogen and oxygen atoms in total. The van der Waals surface area contributed by atoms with Crippen molar-refractivity contribution >= 4 is 34.9 Å². The van der Waals surface area contributed by atoms with Crippen LogP contribution >= 0.6 is 23.2 Å². The molecule has 0 aliphatic carbocycles. The van der Waals surface area contributed by atoms with Crippen molar-refractivity contribution in [2.75, 3.05) is 31.1 Å². The Hall–Kier alpha value is -2.70. The molecule has 2 heterocycles. The van der Waals surface area contributed by atoms with Gasteiger partial charge in [-0.05, 0) is 37.6 Å². The molecule has 0 bridgehead atoms. The van der Waals surface area contributed by atoms with E-state index in [-0.39, 0.29) is 17.6 Å². The summed E-state index contributed by atoms with van der Waals surface area (Å²) in [5, 5.41) is 0.838. The monoisotopic (exact) mass is 514 g/mol. The Labute approximate surface area is 215 Å². The van der Waals surface area contributed by atoms with Crippen molar-refractivity contribution in [3.63, 3.8) is 0 Å². The minimum atomic E-state index is -0.344. The van der Waals surface area contributed by atoms with Crippen LogP contribution in [0.4, 0.5) is 10.2 Å². The number of carbonyl (C=O) groups is 1. The number of rotatable bonds is 6. The molecule has 0 N–H and O–H groups in total. The third-order valence-corrected chi connectivity index (χ3v) is 7.33. The van der Waals surface area contributed by atoms with E-state index in [0.29, 0.717) is 53.8 Å². The fourth-order valence-corrected chi connectivity index (χ4v) is 4.72. The van der Waals surface area contributed by atoms with Crippen LogP contribution in [-0.4, -0.2) is 47.0 Å². The largest absolute Gasteiger partial charge is 0.353 e. The second-order valence-electron chi connectivity index (χ2n) is 8.91. The molecule has 3 aromatic rings. The van der Waals surface area contributed by atoms with Crippen LogP contribution in [-0.2, 0) is 6.42 Å². The number of aromatic nitrogens is 2. The van der Waals surface area contributed by atoms with Gasteiger partial charge in [0.15, 0.2) is 0 Å². The van der Waals surface area contributed by atoms with Gasteiger partial charge in [-0.15, -0.1) is 0 Å². The van der Waals surface area contributed by atoms with Gasteiger partial charge in [-0.25, -0.2) is 14.4 Å². The van der Waals surface area contributed by atoms with Crippen LogP contribution in [0.5, 0.6) is 0 Å². The van der Waals surface area contributed by atoms with Gasteiger partial charge in [-0.3, -0.25) is 4.79 Å². The number of hydrogen-bond donors (Lipinski definition) is 0. The van der Waals surface area contributed by atoms with Crippen molar-refractivity contribution in [3.05, 3.63) is 86.5 Å². The maximum atomic E-state index is 14.6. The number of benzene rings is 2. The zero-order valence-electron chi connectivity index (χ0n) is 20.2. The molecule has 184 valence electrons. The van der Waals surface area contributed by atoms with E-state index >= 15 is 0 Å². The van der Waals surface area contributed by atoms with Gasteiger partial charge in [0.2, 0.25) is 0 Å². The molecule has 1 saturated heterocycles. The fraction of sp³-hybridized carbons (Fsp3) is 0.370. The molecular weight excluding hydrogens is 486 g/mol. The highest BCUT2D eigenvalue weighted by Crippen LogP contribution is 2.31. The molecule has 0 radical (unpaired) electrons. The van der Waals surface area contributed by atoms with E-state index in [1.54, 1.807) is 24.3 Å². The van der Waals surface area contributed by atoms with E-state index < -0.39 is 0 Å². The zero-order chi connectivity index (χ0) is 25.1. The van der Waals surface area contributed by atoms with E-state index in [4.69, 9.17) is 33.2 Å². The Morgan fingerprint density at radius 2 is 1.69 bits per heavy atom. The van der Waals surface area contributed by atoms with Gasteiger partial charge in [0.05, 0.1) is 10.6 Å². The van der Waals surface area contributed by atoms with Crippen LogP contribution in [0.3, 0.4) is 0 Å². The van der Waals surface area contributed by atoms with Gasteiger partial charge in [0, 0.05) is 60.4 Å². The summed E-state index contributed by atoms with van der Waals surface area (Å²) in [6.45, 7) is 8.42. The van der Waals surface area contributed by atoms with Gasteiger partial charge >= 0.3 is 0 Å². The Morgan fingerprint density at radius 3 is 2.34 bits per heavy atom. The average molecular weight is 515 g/mol. The van der Waals surface area contributed by atoms with Crippen LogP contribution in [0.25, 0.3) is 0 Å². The van der Waals surface area contributed by atoms with Crippen molar-refractivity contribution in [1.82, 2.24) is 14.9 Å². The summed E-state index contributed by atoms with van der Waals surface area (Å²) in [5.74, 6) is 1.34. The van der Waals surface area contributed by atoms with Crippen molar-refractivity contribution < 1.29 is 9.18 Å². The Balaban J connectivity index is 1.63. The van der Waals surface area contributed by atoms with E-state index in [1.165, 1.54) is 6.07 Å². The van der Waals surface area contributed by atoms with Gasteiger partial charge in [-0.1, -0.05) is 55.2 Å². The number of aryl methyl sites for hydroxylation is 1. The lowest BCUT2D eigenvalue weighted by atomic mass is 10.0. The summed E-state index contributed by atoms with van der Waals surface area (Å²) < 4.78 is 14.6. The predicted molar refractivity (Wildman–Crippen MR) is 139 cm³/mol. The zero-order valence-corrected chi connectivity index (χ0v) is 21.7. The molecule has 35 heavy (non-hydrogen) atoms. The molecule has 1 fully saturated rings. The maximum Gasteiger partial charge on any atom is 0.255 e. The molecule has 4 rings (SSSR count). The van der Waals surface area contributed by atoms with Crippen LogP contribution in [0.1, 0.15) is 59.2 Å². The van der Waals surface area contributed by atoms with Crippen molar-refractivity contribution in [1.29, 1.82) is 0 Å². The summed E-state index contributed by atoms with van der Waals surface area (Å²) in [5.41, 5.74) is 2.62. The van der Waals surface area contributed by atoms with E-state index in [9.17, 15) is 9.18 Å². The number of carbonyl (C=O) groups excluding carboxylic acids is 1. The minimum Gasteiger partial charge on any atom is -0.353 e. The van der Waals surface area contributed by atoms with Gasteiger partial charge < -0.3 is 9.80 Å². The third-order valence-electron chi connectivity index (χ3n) is 6.65. The molecule has 1 unspecified atom stereocenters. The van der Waals surface area contributed by atoms with Gasteiger partial charge in [0.25, 0.3) is 5.91 Å². The van der Waals surface area contributed by atoms with Gasteiger partial charge in [0.1, 0.15) is 17.5 Å². The predicted octanol–water partition coefficient (Wildman–Crippen LogP) is 6.30. The van der Waals surface area contributed by atoms with Crippen LogP contribution in [0, 0.1) is 12.7 Å². The molecule has 8 heteroatoms. The number of piperazine rings is 1. The molecule has 1 aliphatic rings. The minimum absolute atomic E-state index is 0.0761. The molecule has 0 spiro atoms. The summed E-state index contributed by atoms with van der Waals surface area (Å²) >= 11 is 12.6. The van der Waals surface area contributed by atoms with E-state index in [1.807, 2.05) is 24.0 Å². The molecule has 0 saturated carbocycles. The third kappa shape index (κ3) is 5.44. The highest BCUT2D eigenvalue weighted by atomic mass is 35.5. The summed E-state index contributed by atoms with van der Waals surface area (Å²) in [4.78, 5) is 26.7. The molecule has 1 atom stereocenters. The lowest BCUT2D eigenvalue weighted by Crippen LogP contribution is -2.49. The topological polar surface area (TPSA) is 49.3 Å². The summed E-state index contributed by atoms with van der Waals surface area (Å²) in [7, 11) is 0. The standard InChI is InChI=1S/C27H29Cl2FN4O/c1-4-17(2)25-31-18(3)20(16-21-23(29)10-7-11-24(21)30)26(32-25)33-12-14-34(15-13-33)27(35)19-8-5-6-9-22(19)28/h5-11,17H,4,12-16H2,1-3H3. The quantitative estimate of drug-likeness (QED) is 0.387. The number of hydrogen-bond acceptors (Lipinski definition) is 4. The normalized spacial score (nSPS) is 14.8. The first-order valence-corrected chi connectivity index (χ1v) is 12.6. The van der Waals surface area contributed by atoms with Gasteiger partial charge in [-0.2, -0.15) is 0 Å². The number of halogens is 3. The molecule has 1 amide bonds. The molecule has 1 aliphatic heterocycles. The Morgan fingerprint density at radius 1 is 1.00 bits per heavy atom. The number of amides is 1. The molecule has 1 aromatic heterocycles. The molecular formula is C27H29Cl2FN4O. The number of nitrogens with zero attached hydrogens (tertiary/aromatic N) is 4. The lowest BCUT2D eigenvalue weighted by Gasteiger charge is -2.37. The lowest BCUT2D eigenvalue weighted by molar-refractivity contribution is 0.0746. The van der Waals surface area contributed by atoms with Crippen LogP contribution < -0.4 is 4.90 Å².